The van der Waals surface area contributed by atoms with Crippen LogP contribution in [0, 0.1) is 5.92 Å². The molecule has 0 radical (unpaired) electrons. The fraction of sp³-hybridized carbons (Fsp3) is 0.579. The molecule has 0 aromatic heterocycles. The van der Waals surface area contributed by atoms with Crippen LogP contribution in [-0.2, 0) is 4.79 Å². The van der Waals surface area contributed by atoms with E-state index in [1.54, 1.807) is 18.2 Å². The summed E-state index contributed by atoms with van der Waals surface area (Å²) < 4.78 is 0. The predicted octanol–water partition coefficient (Wildman–Crippen LogP) is 4.01. The molecule has 7 heteroatoms. The molecule has 1 aromatic rings. The summed E-state index contributed by atoms with van der Waals surface area (Å²) in [5, 5.41) is 9.55. The molecule has 2 atom stereocenters. The number of hydrogen-bond donors (Lipinski definition) is 3. The molecule has 0 bridgehead atoms. The van der Waals surface area contributed by atoms with Crippen molar-refractivity contribution in [2.75, 3.05) is 11.9 Å². The lowest BCUT2D eigenvalue weighted by Gasteiger charge is -2.27. The predicted molar refractivity (Wildman–Crippen MR) is 109 cm³/mol. The second-order valence-corrected chi connectivity index (χ2v) is 7.86. The minimum Gasteiger partial charge on any atom is -0.347 e. The molecule has 1 aromatic carbocycles. The Morgan fingerprint density at radius 1 is 1.35 bits per heavy atom. The van der Waals surface area contributed by atoms with Crippen molar-refractivity contribution in [3.8, 4) is 0 Å². The average Bonchev–Trinajstić information content (AvgIpc) is 2.54. The van der Waals surface area contributed by atoms with E-state index in [1.165, 1.54) is 0 Å². The maximum atomic E-state index is 12.4. The molecular formula is C19H29Cl2N3O2. The van der Waals surface area contributed by atoms with Crippen molar-refractivity contribution in [3.05, 3.63) is 28.8 Å². The van der Waals surface area contributed by atoms with Gasteiger partial charge in [0.1, 0.15) is 0 Å². The maximum absolute atomic E-state index is 12.4. The van der Waals surface area contributed by atoms with Crippen LogP contribution in [0.15, 0.2) is 18.2 Å². The zero-order valence-electron chi connectivity index (χ0n) is 15.8. The number of piperidine rings is 1. The summed E-state index contributed by atoms with van der Waals surface area (Å²) in [6, 6.07) is 5.37. The summed E-state index contributed by atoms with van der Waals surface area (Å²) in [6.45, 7) is 8.89. The summed E-state index contributed by atoms with van der Waals surface area (Å²) in [4.78, 5) is 24.8. The summed E-state index contributed by atoms with van der Waals surface area (Å²) in [7, 11) is 0. The number of nitrogens with one attached hydrogen (secondary N) is 3. The Balaban J connectivity index is 0.00000338. The van der Waals surface area contributed by atoms with E-state index in [0.717, 1.165) is 25.8 Å². The number of carbonyl (C=O) groups excluding carboxylic acids is 2. The molecule has 2 rings (SSSR count). The van der Waals surface area contributed by atoms with Crippen LogP contribution in [0.3, 0.4) is 0 Å². The van der Waals surface area contributed by atoms with E-state index < -0.39 is 0 Å². The second-order valence-electron chi connectivity index (χ2n) is 7.45. The Bertz CT molecular complexity index is 650. The molecule has 1 saturated heterocycles. The lowest BCUT2D eigenvalue weighted by atomic mass is 9.92. The molecule has 146 valence electrons. The second kappa shape index (κ2) is 9.58. The number of halogens is 2. The fourth-order valence-corrected chi connectivity index (χ4v) is 3.12. The van der Waals surface area contributed by atoms with Gasteiger partial charge in [0.2, 0.25) is 5.91 Å². The minimum atomic E-state index is -0.293. The highest BCUT2D eigenvalue weighted by Gasteiger charge is 2.25. The summed E-state index contributed by atoms with van der Waals surface area (Å²) in [6.07, 6.45) is 2.47. The molecule has 2 amide bonds. The van der Waals surface area contributed by atoms with Crippen molar-refractivity contribution in [2.45, 2.75) is 58.5 Å². The maximum Gasteiger partial charge on any atom is 0.253 e. The molecule has 0 aliphatic carbocycles. The van der Waals surface area contributed by atoms with Crippen LogP contribution in [0.1, 0.15) is 57.3 Å². The molecule has 1 fully saturated rings. The molecule has 0 unspecified atom stereocenters. The van der Waals surface area contributed by atoms with E-state index in [2.05, 4.69) is 22.9 Å². The van der Waals surface area contributed by atoms with Crippen LogP contribution in [0.2, 0.25) is 5.02 Å². The number of carbonyl (C=O) groups is 2. The van der Waals surface area contributed by atoms with E-state index in [0.29, 0.717) is 22.3 Å². The first-order valence-corrected chi connectivity index (χ1v) is 9.26. The van der Waals surface area contributed by atoms with Crippen molar-refractivity contribution >= 4 is 41.5 Å². The lowest BCUT2D eigenvalue weighted by Crippen LogP contribution is -2.42. The zero-order chi connectivity index (χ0) is 18.6. The fourth-order valence-electron chi connectivity index (χ4n) is 2.85. The third-order valence-corrected chi connectivity index (χ3v) is 5.12. The van der Waals surface area contributed by atoms with E-state index >= 15 is 0 Å². The van der Waals surface area contributed by atoms with Gasteiger partial charge < -0.3 is 16.0 Å². The Kier molecular flexibility index (Phi) is 8.38. The third-order valence-electron chi connectivity index (χ3n) is 4.81. The van der Waals surface area contributed by atoms with E-state index in [-0.39, 0.29) is 35.7 Å². The van der Waals surface area contributed by atoms with Gasteiger partial charge in [-0.3, -0.25) is 9.59 Å². The number of amides is 2. The van der Waals surface area contributed by atoms with E-state index in [4.69, 9.17) is 11.6 Å². The third kappa shape index (κ3) is 6.15. The largest absolute Gasteiger partial charge is 0.347 e. The molecule has 1 aliphatic heterocycles. The molecule has 1 aliphatic rings. The van der Waals surface area contributed by atoms with Crippen molar-refractivity contribution in [3.63, 3.8) is 0 Å². The summed E-state index contributed by atoms with van der Waals surface area (Å²) in [5.41, 5.74) is 0.739. The molecule has 0 spiro atoms. The van der Waals surface area contributed by atoms with E-state index in [9.17, 15) is 9.59 Å². The summed E-state index contributed by atoms with van der Waals surface area (Å²) >= 11 is 6.27. The Morgan fingerprint density at radius 2 is 2.04 bits per heavy atom. The first kappa shape index (κ1) is 22.7. The van der Waals surface area contributed by atoms with Gasteiger partial charge in [0.15, 0.2) is 0 Å². The molecule has 1 heterocycles. The quantitative estimate of drug-likeness (QED) is 0.697. The highest BCUT2D eigenvalue weighted by Crippen LogP contribution is 2.24. The number of hydrogen-bond acceptors (Lipinski definition) is 3. The summed E-state index contributed by atoms with van der Waals surface area (Å²) in [5.74, 6) is -0.195. The number of benzene rings is 1. The van der Waals surface area contributed by atoms with Crippen LogP contribution in [0.4, 0.5) is 5.69 Å². The average molecular weight is 402 g/mol. The SMILES string of the molecule is CCC(C)(C)NC(=O)c1ccc(NC(=O)[C@H]2CCN[C@@H](C)C2)cc1Cl.Cl. The molecule has 26 heavy (non-hydrogen) atoms. The van der Waals surface area contributed by atoms with Crippen LogP contribution < -0.4 is 16.0 Å². The first-order valence-electron chi connectivity index (χ1n) is 8.88. The van der Waals surface area contributed by atoms with Crippen molar-refractivity contribution < 1.29 is 9.59 Å². The molecule has 5 nitrogen and oxygen atoms in total. The molecular weight excluding hydrogens is 373 g/mol. The minimum absolute atomic E-state index is 0. The van der Waals surface area contributed by atoms with Crippen molar-refractivity contribution in [1.29, 1.82) is 0 Å². The highest BCUT2D eigenvalue weighted by atomic mass is 35.5. The van der Waals surface area contributed by atoms with E-state index in [1.807, 2.05) is 20.8 Å². The topological polar surface area (TPSA) is 70.2 Å². The van der Waals surface area contributed by atoms with Gasteiger partial charge in [-0.05, 0) is 64.8 Å². The standard InChI is InChI=1S/C19H28ClN3O2.ClH/c1-5-19(3,4)23-18(25)15-7-6-14(11-16(15)20)22-17(24)13-8-9-21-12(2)10-13;/h6-7,11-13,21H,5,8-10H2,1-4H3,(H,22,24)(H,23,25);1H/t12-,13-;/m0./s1. The number of rotatable bonds is 5. The van der Waals surface area contributed by atoms with Crippen LogP contribution in [0.25, 0.3) is 0 Å². The highest BCUT2D eigenvalue weighted by molar-refractivity contribution is 6.34. The van der Waals surface area contributed by atoms with Gasteiger partial charge in [-0.25, -0.2) is 0 Å². The lowest BCUT2D eigenvalue weighted by molar-refractivity contribution is -0.120. The van der Waals surface area contributed by atoms with Gasteiger partial charge in [0, 0.05) is 23.2 Å². The van der Waals surface area contributed by atoms with Crippen LogP contribution in [-0.4, -0.2) is 29.9 Å². The Hall–Kier alpha value is -1.30. The van der Waals surface area contributed by atoms with Crippen LogP contribution >= 0.6 is 24.0 Å². The Morgan fingerprint density at radius 3 is 2.62 bits per heavy atom. The van der Waals surface area contributed by atoms with Crippen molar-refractivity contribution in [1.82, 2.24) is 10.6 Å². The van der Waals surface area contributed by atoms with Gasteiger partial charge in [0.25, 0.3) is 5.91 Å². The number of anilines is 1. The smallest absolute Gasteiger partial charge is 0.253 e. The van der Waals surface area contributed by atoms with Gasteiger partial charge in [-0.15, -0.1) is 12.4 Å². The molecule has 0 saturated carbocycles. The Labute approximate surface area is 167 Å². The van der Waals surface area contributed by atoms with Gasteiger partial charge in [-0.2, -0.15) is 0 Å². The van der Waals surface area contributed by atoms with Crippen molar-refractivity contribution in [2.24, 2.45) is 5.92 Å². The van der Waals surface area contributed by atoms with Gasteiger partial charge in [0.05, 0.1) is 10.6 Å². The zero-order valence-corrected chi connectivity index (χ0v) is 17.4. The van der Waals surface area contributed by atoms with Gasteiger partial charge >= 0.3 is 0 Å². The van der Waals surface area contributed by atoms with Crippen LogP contribution in [0.5, 0.6) is 0 Å². The van der Waals surface area contributed by atoms with Gasteiger partial charge in [-0.1, -0.05) is 18.5 Å². The molecule has 3 N–H and O–H groups in total. The monoisotopic (exact) mass is 401 g/mol. The normalized spacial score (nSPS) is 20.0. The first-order chi connectivity index (χ1) is 11.7.